The number of sulfonamides is 1. The highest BCUT2D eigenvalue weighted by Crippen LogP contribution is 2.35. The Balaban J connectivity index is 2.12. The van der Waals surface area contributed by atoms with Crippen LogP contribution in [-0.4, -0.2) is 50.4 Å². The number of methoxy groups -OCH3 is 1. The van der Waals surface area contributed by atoms with E-state index in [1.165, 1.54) is 30.2 Å². The summed E-state index contributed by atoms with van der Waals surface area (Å²) in [7, 11) is -2.83. The van der Waals surface area contributed by atoms with Crippen molar-refractivity contribution in [2.24, 2.45) is 0 Å². The average Bonchev–Trinajstić information content (AvgIpc) is 2.91. The maximum Gasteiger partial charge on any atom is 0.264 e. The van der Waals surface area contributed by atoms with Crippen molar-refractivity contribution in [3.05, 3.63) is 89.4 Å². The molecule has 0 saturated heterocycles. The molecule has 0 aliphatic rings. The van der Waals surface area contributed by atoms with Gasteiger partial charge in [0.25, 0.3) is 10.0 Å². The number of rotatable bonds is 11. The monoisotopic (exact) mass is 585 g/mol. The van der Waals surface area contributed by atoms with Crippen LogP contribution in [0, 0.1) is 0 Å². The summed E-state index contributed by atoms with van der Waals surface area (Å²) in [5.41, 5.74) is 0.387. The molecule has 0 aromatic heterocycles. The van der Waals surface area contributed by atoms with Crippen molar-refractivity contribution in [3.8, 4) is 5.75 Å². The Bertz CT molecular complexity index is 1410. The minimum atomic E-state index is -4.24. The van der Waals surface area contributed by atoms with Crippen LogP contribution >= 0.6 is 11.6 Å². The molecule has 10 heteroatoms. The van der Waals surface area contributed by atoms with E-state index < -0.39 is 34.1 Å². The van der Waals surface area contributed by atoms with Crippen molar-refractivity contribution in [1.82, 2.24) is 10.2 Å². The van der Waals surface area contributed by atoms with Gasteiger partial charge in [-0.2, -0.15) is 0 Å². The summed E-state index contributed by atoms with van der Waals surface area (Å²) >= 11 is 6.27. The van der Waals surface area contributed by atoms with Crippen LogP contribution in [0.15, 0.2) is 83.8 Å². The number of carbonyl (C=O) groups excluding carboxylic acids is 2. The van der Waals surface area contributed by atoms with Gasteiger partial charge in [-0.25, -0.2) is 8.42 Å². The Kier molecular flexibility index (Phi) is 10.2. The van der Waals surface area contributed by atoms with Crippen LogP contribution in [0.5, 0.6) is 5.75 Å². The number of amides is 2. The van der Waals surface area contributed by atoms with Gasteiger partial charge in [-0.1, -0.05) is 67.1 Å². The van der Waals surface area contributed by atoms with E-state index in [4.69, 9.17) is 16.3 Å². The zero-order chi connectivity index (χ0) is 29.5. The van der Waals surface area contributed by atoms with Crippen molar-refractivity contribution < 1.29 is 22.7 Å². The molecule has 0 aliphatic heterocycles. The standard InChI is InChI=1S/C30H36ClN3O5S/c1-6-25(29(36)32-30(2,3)4)33(20-22-13-9-7-10-14-22)28(35)21-34(26-19-23(31)17-18-27(26)39-5)40(37,38)24-15-11-8-12-16-24/h7-19,25H,6,20-21H2,1-5H3,(H,32,36). The van der Waals surface area contributed by atoms with Gasteiger partial charge >= 0.3 is 0 Å². The predicted octanol–water partition coefficient (Wildman–Crippen LogP) is 5.27. The van der Waals surface area contributed by atoms with Gasteiger partial charge in [0.15, 0.2) is 0 Å². The Morgan fingerprint density at radius 3 is 2.12 bits per heavy atom. The first kappa shape index (κ1) is 31.0. The van der Waals surface area contributed by atoms with E-state index in [-0.39, 0.29) is 33.8 Å². The largest absolute Gasteiger partial charge is 0.495 e. The maximum absolute atomic E-state index is 14.1. The molecular formula is C30H36ClN3O5S. The molecule has 214 valence electrons. The van der Waals surface area contributed by atoms with Crippen LogP contribution in [0.25, 0.3) is 0 Å². The van der Waals surface area contributed by atoms with E-state index in [2.05, 4.69) is 5.32 Å². The van der Waals surface area contributed by atoms with Gasteiger partial charge in [-0.05, 0) is 63.1 Å². The van der Waals surface area contributed by atoms with E-state index in [9.17, 15) is 18.0 Å². The summed E-state index contributed by atoms with van der Waals surface area (Å²) in [4.78, 5) is 28.9. The number of nitrogens with zero attached hydrogens (tertiary/aromatic N) is 2. The molecule has 8 nitrogen and oxygen atoms in total. The summed E-state index contributed by atoms with van der Waals surface area (Å²) in [5, 5.41) is 3.23. The molecule has 0 heterocycles. The molecule has 0 spiro atoms. The topological polar surface area (TPSA) is 96.0 Å². The number of hydrogen-bond donors (Lipinski definition) is 1. The van der Waals surface area contributed by atoms with E-state index in [0.717, 1.165) is 9.87 Å². The highest BCUT2D eigenvalue weighted by molar-refractivity contribution is 7.92. The molecular weight excluding hydrogens is 550 g/mol. The van der Waals surface area contributed by atoms with Gasteiger partial charge in [-0.15, -0.1) is 0 Å². The molecule has 3 aromatic carbocycles. The minimum Gasteiger partial charge on any atom is -0.495 e. The van der Waals surface area contributed by atoms with Crippen LogP contribution in [0.3, 0.4) is 0 Å². The molecule has 3 aromatic rings. The lowest BCUT2D eigenvalue weighted by molar-refractivity contribution is -0.141. The van der Waals surface area contributed by atoms with Crippen molar-refractivity contribution in [1.29, 1.82) is 0 Å². The minimum absolute atomic E-state index is 0.00282. The second-order valence-electron chi connectivity index (χ2n) is 10.3. The van der Waals surface area contributed by atoms with E-state index in [1.54, 1.807) is 30.3 Å². The highest BCUT2D eigenvalue weighted by Gasteiger charge is 2.35. The number of anilines is 1. The SMILES string of the molecule is CCC(C(=O)NC(C)(C)C)N(Cc1ccccc1)C(=O)CN(c1cc(Cl)ccc1OC)S(=O)(=O)c1ccccc1. The number of benzene rings is 3. The smallest absolute Gasteiger partial charge is 0.264 e. The van der Waals surface area contributed by atoms with Crippen molar-refractivity contribution in [3.63, 3.8) is 0 Å². The fourth-order valence-corrected chi connectivity index (χ4v) is 5.85. The third-order valence-electron chi connectivity index (χ3n) is 6.10. The Labute approximate surface area is 241 Å². The number of hydrogen-bond acceptors (Lipinski definition) is 5. The highest BCUT2D eigenvalue weighted by atomic mass is 35.5. The van der Waals surface area contributed by atoms with Gasteiger partial charge in [-0.3, -0.25) is 13.9 Å². The lowest BCUT2D eigenvalue weighted by Crippen LogP contribution is -2.55. The van der Waals surface area contributed by atoms with Crippen LogP contribution in [0.2, 0.25) is 5.02 Å². The normalized spacial score (nSPS) is 12.3. The first-order chi connectivity index (χ1) is 18.9. The predicted molar refractivity (Wildman–Crippen MR) is 158 cm³/mol. The second kappa shape index (κ2) is 13.2. The van der Waals surface area contributed by atoms with Crippen molar-refractivity contribution >= 4 is 39.1 Å². The number of ether oxygens (including phenoxy) is 1. The maximum atomic E-state index is 14.1. The molecule has 40 heavy (non-hydrogen) atoms. The summed E-state index contributed by atoms with van der Waals surface area (Å²) < 4.78 is 34.4. The van der Waals surface area contributed by atoms with E-state index in [1.807, 2.05) is 58.0 Å². The quantitative estimate of drug-likeness (QED) is 0.331. The lowest BCUT2D eigenvalue weighted by Gasteiger charge is -2.35. The Morgan fingerprint density at radius 1 is 0.975 bits per heavy atom. The third-order valence-corrected chi connectivity index (χ3v) is 8.11. The Hall–Kier alpha value is -3.56. The third kappa shape index (κ3) is 7.76. The van der Waals surface area contributed by atoms with E-state index >= 15 is 0 Å². The van der Waals surface area contributed by atoms with Gasteiger partial charge in [0, 0.05) is 17.1 Å². The van der Waals surface area contributed by atoms with Gasteiger partial charge < -0.3 is 15.0 Å². The molecule has 2 amide bonds. The number of carbonyl (C=O) groups is 2. The fourth-order valence-electron chi connectivity index (χ4n) is 4.24. The zero-order valence-corrected chi connectivity index (χ0v) is 25.0. The lowest BCUT2D eigenvalue weighted by atomic mass is 10.1. The first-order valence-corrected chi connectivity index (χ1v) is 14.8. The zero-order valence-electron chi connectivity index (χ0n) is 23.4. The summed E-state index contributed by atoms with van der Waals surface area (Å²) in [5.74, 6) is -0.651. The van der Waals surface area contributed by atoms with Gasteiger partial charge in [0.2, 0.25) is 11.8 Å². The van der Waals surface area contributed by atoms with Crippen LogP contribution < -0.4 is 14.4 Å². The van der Waals surface area contributed by atoms with Crippen molar-refractivity contribution in [2.45, 2.75) is 57.1 Å². The molecule has 1 atom stereocenters. The van der Waals surface area contributed by atoms with Crippen molar-refractivity contribution in [2.75, 3.05) is 18.0 Å². The molecule has 1 N–H and O–H groups in total. The summed E-state index contributed by atoms with van der Waals surface area (Å²) in [6, 6.07) is 20.8. The van der Waals surface area contributed by atoms with Crippen LogP contribution in [0.4, 0.5) is 5.69 Å². The first-order valence-electron chi connectivity index (χ1n) is 12.9. The summed E-state index contributed by atoms with van der Waals surface area (Å²) in [6.07, 6.45) is 0.326. The number of halogens is 1. The molecule has 0 saturated carbocycles. The summed E-state index contributed by atoms with van der Waals surface area (Å²) in [6.45, 7) is 6.93. The molecule has 0 aliphatic carbocycles. The molecule has 0 bridgehead atoms. The van der Waals surface area contributed by atoms with Crippen LogP contribution in [0.1, 0.15) is 39.7 Å². The Morgan fingerprint density at radius 2 is 1.57 bits per heavy atom. The molecule has 3 rings (SSSR count). The molecule has 0 fully saturated rings. The fraction of sp³-hybridized carbons (Fsp3) is 0.333. The van der Waals surface area contributed by atoms with E-state index in [0.29, 0.717) is 6.42 Å². The van der Waals surface area contributed by atoms with Gasteiger partial charge in [0.05, 0.1) is 17.7 Å². The average molecular weight is 586 g/mol. The number of nitrogens with one attached hydrogen (secondary N) is 1. The van der Waals surface area contributed by atoms with Crippen LogP contribution in [-0.2, 0) is 26.2 Å². The molecule has 1 unspecified atom stereocenters. The second-order valence-corrected chi connectivity index (χ2v) is 12.6. The van der Waals surface area contributed by atoms with Gasteiger partial charge in [0.1, 0.15) is 18.3 Å². The molecule has 0 radical (unpaired) electrons.